The Morgan fingerprint density at radius 1 is 0.952 bits per heavy atom. The number of esters is 1. The van der Waals surface area contributed by atoms with E-state index in [0.29, 0.717) is 0 Å². The number of pyridine rings is 1. The SMILES string of the molecule is CC=C(C)C(=O)OCc1c2c(=O)c(OC)c(C)c(O)c-2cc2n1C(=O)C1C(=O)c3c(O)c(C)c(OC)c(O)c3C2N1C. The molecule has 0 radical (unpaired) electrons. The van der Waals surface area contributed by atoms with Gasteiger partial charge in [0.2, 0.25) is 5.43 Å². The van der Waals surface area contributed by atoms with E-state index in [4.69, 9.17) is 14.2 Å². The first-order valence-electron chi connectivity index (χ1n) is 13.0. The Morgan fingerprint density at radius 3 is 2.17 bits per heavy atom. The van der Waals surface area contributed by atoms with Crippen LogP contribution in [0.1, 0.15) is 63.1 Å². The second kappa shape index (κ2) is 9.91. The van der Waals surface area contributed by atoms with Gasteiger partial charge in [-0.3, -0.25) is 23.9 Å². The number of ether oxygens (including phenoxy) is 3. The van der Waals surface area contributed by atoms with Crippen molar-refractivity contribution >= 4 is 17.7 Å². The number of phenolic OH excluding ortho intramolecular Hbond substituents is 3. The van der Waals surface area contributed by atoms with Crippen molar-refractivity contribution in [1.29, 1.82) is 0 Å². The number of benzene rings is 2. The summed E-state index contributed by atoms with van der Waals surface area (Å²) in [5, 5.41) is 33.6. The molecule has 2 atom stereocenters. The van der Waals surface area contributed by atoms with Crippen LogP contribution in [0.2, 0.25) is 0 Å². The first-order chi connectivity index (χ1) is 19.8. The van der Waals surface area contributed by atoms with E-state index in [1.165, 1.54) is 59.1 Å². The van der Waals surface area contributed by atoms with Crippen LogP contribution < -0.4 is 14.9 Å². The van der Waals surface area contributed by atoms with Gasteiger partial charge in [0.05, 0.1) is 37.1 Å². The van der Waals surface area contributed by atoms with Crippen molar-refractivity contribution in [2.75, 3.05) is 21.3 Å². The molecule has 12 nitrogen and oxygen atoms in total. The highest BCUT2D eigenvalue weighted by atomic mass is 16.5. The van der Waals surface area contributed by atoms with Gasteiger partial charge in [0, 0.05) is 33.5 Å². The minimum atomic E-state index is -1.46. The number of ketones is 1. The number of hydrogen-bond acceptors (Lipinski definition) is 11. The number of rotatable bonds is 5. The number of fused-ring (bicyclic) bond motifs is 7. The lowest BCUT2D eigenvalue weighted by Crippen LogP contribution is -2.57. The van der Waals surface area contributed by atoms with Gasteiger partial charge in [0.15, 0.2) is 29.1 Å². The highest BCUT2D eigenvalue weighted by Gasteiger charge is 2.52. The second-order valence-electron chi connectivity index (χ2n) is 10.3. The van der Waals surface area contributed by atoms with E-state index >= 15 is 0 Å². The quantitative estimate of drug-likeness (QED) is 0.176. The minimum absolute atomic E-state index is 0.0147. The smallest absolute Gasteiger partial charge is 0.333 e. The van der Waals surface area contributed by atoms with Crippen molar-refractivity contribution in [2.45, 2.75) is 46.4 Å². The summed E-state index contributed by atoms with van der Waals surface area (Å²) in [7, 11) is 4.08. The van der Waals surface area contributed by atoms with Crippen LogP contribution in [0.4, 0.5) is 0 Å². The van der Waals surface area contributed by atoms with Gasteiger partial charge in [-0.1, -0.05) is 6.08 Å². The van der Waals surface area contributed by atoms with Gasteiger partial charge < -0.3 is 29.5 Å². The van der Waals surface area contributed by atoms with E-state index in [9.17, 15) is 34.5 Å². The number of phenols is 3. The van der Waals surface area contributed by atoms with Crippen molar-refractivity contribution in [2.24, 2.45) is 0 Å². The molecule has 1 aromatic carbocycles. The number of likely N-dealkylation sites (N-methyl/N-ethyl adjacent to an activating group) is 1. The lowest BCUT2D eigenvalue weighted by Gasteiger charge is -2.45. The fourth-order valence-corrected chi connectivity index (χ4v) is 6.00. The first-order valence-corrected chi connectivity index (χ1v) is 13.0. The third-order valence-electron chi connectivity index (χ3n) is 8.25. The van der Waals surface area contributed by atoms with Crippen LogP contribution in [0.5, 0.6) is 28.7 Å². The molecule has 3 aliphatic heterocycles. The Balaban J connectivity index is 1.94. The molecular formula is C30H30N2O10. The van der Waals surface area contributed by atoms with Gasteiger partial charge in [-0.25, -0.2) is 4.79 Å². The Labute approximate surface area is 240 Å². The maximum absolute atomic E-state index is 14.2. The first kappa shape index (κ1) is 28.7. The standard InChI is InChI=1S/C30H30N2O10/c1-8-11(2)30(39)42-10-16-17-14(22(33)12(3)27(40-6)25(17)36)9-15-20-18-19(23(34)13(4)28(41-7)26(18)37)24(35)21(31(20)5)29(38)32(15)16/h8-9,20-21,33-34,37H,10H2,1-7H3. The maximum Gasteiger partial charge on any atom is 0.333 e. The zero-order chi connectivity index (χ0) is 30.9. The highest BCUT2D eigenvalue weighted by Crippen LogP contribution is 2.54. The zero-order valence-electron chi connectivity index (χ0n) is 24.1. The third kappa shape index (κ3) is 3.64. The molecule has 0 saturated heterocycles. The summed E-state index contributed by atoms with van der Waals surface area (Å²) in [5.41, 5.74) is -0.393. The summed E-state index contributed by atoms with van der Waals surface area (Å²) in [4.78, 5) is 55.7. The van der Waals surface area contributed by atoms with Crippen LogP contribution in [0.25, 0.3) is 11.1 Å². The van der Waals surface area contributed by atoms with Crippen molar-refractivity contribution in [3.8, 4) is 39.9 Å². The van der Waals surface area contributed by atoms with Gasteiger partial charge in [0.1, 0.15) is 18.1 Å². The maximum atomic E-state index is 14.2. The Morgan fingerprint density at radius 2 is 1.57 bits per heavy atom. The summed E-state index contributed by atoms with van der Waals surface area (Å²) in [6.07, 6.45) is 1.54. The van der Waals surface area contributed by atoms with Crippen LogP contribution >= 0.6 is 0 Å². The molecule has 1 aliphatic carbocycles. The molecule has 12 heteroatoms. The van der Waals surface area contributed by atoms with Crippen LogP contribution in [-0.2, 0) is 16.1 Å². The van der Waals surface area contributed by atoms with Gasteiger partial charge in [0.25, 0.3) is 5.91 Å². The topological polar surface area (TPSA) is 165 Å². The molecule has 4 aliphatic rings. The van der Waals surface area contributed by atoms with Gasteiger partial charge in [-0.05, 0) is 40.8 Å². The van der Waals surface area contributed by atoms with Crippen molar-refractivity contribution < 1.29 is 43.9 Å². The number of hydrogen-bond donors (Lipinski definition) is 3. The molecule has 1 aromatic rings. The predicted octanol–water partition coefficient (Wildman–Crippen LogP) is 2.95. The fraction of sp³-hybridized carbons (Fsp3) is 0.333. The summed E-state index contributed by atoms with van der Waals surface area (Å²) in [6, 6.07) is -1.08. The summed E-state index contributed by atoms with van der Waals surface area (Å²) >= 11 is 0. The van der Waals surface area contributed by atoms with Crippen LogP contribution in [0.3, 0.4) is 0 Å². The van der Waals surface area contributed by atoms with E-state index in [2.05, 4.69) is 0 Å². The molecule has 0 fully saturated rings. The van der Waals surface area contributed by atoms with Gasteiger partial charge >= 0.3 is 5.97 Å². The average molecular weight is 579 g/mol. The predicted molar refractivity (Wildman–Crippen MR) is 149 cm³/mol. The van der Waals surface area contributed by atoms with Gasteiger partial charge in [-0.15, -0.1) is 0 Å². The van der Waals surface area contributed by atoms with Gasteiger partial charge in [-0.2, -0.15) is 0 Å². The number of methoxy groups -OCH3 is 2. The lowest BCUT2D eigenvalue weighted by atomic mass is 9.79. The molecule has 2 unspecified atom stereocenters. The number of carbonyl (C=O) groups is 3. The Hall–Kier alpha value is -4.84. The lowest BCUT2D eigenvalue weighted by molar-refractivity contribution is -0.140. The second-order valence-corrected chi connectivity index (χ2v) is 10.3. The molecule has 0 spiro atoms. The van der Waals surface area contributed by atoms with E-state index < -0.39 is 53.3 Å². The molecule has 42 heavy (non-hydrogen) atoms. The van der Waals surface area contributed by atoms with Crippen LogP contribution in [0, 0.1) is 13.8 Å². The summed E-state index contributed by atoms with van der Waals surface area (Å²) < 4.78 is 17.2. The van der Waals surface area contributed by atoms with Crippen molar-refractivity contribution in [3.63, 3.8) is 0 Å². The number of allylic oxidation sites excluding steroid dienone is 1. The highest BCUT2D eigenvalue weighted by molar-refractivity contribution is 6.19. The zero-order valence-corrected chi connectivity index (χ0v) is 24.1. The van der Waals surface area contributed by atoms with E-state index in [1.54, 1.807) is 6.92 Å². The molecule has 0 saturated carbocycles. The number of Topliss-reactive ketones (excluding diaryl/α,β-unsaturated/α-hetero) is 1. The summed E-state index contributed by atoms with van der Waals surface area (Å²) in [5.74, 6) is -3.63. The van der Waals surface area contributed by atoms with E-state index in [0.717, 1.165) is 4.57 Å². The minimum Gasteiger partial charge on any atom is -0.507 e. The number of aromatic nitrogens is 1. The molecule has 5 rings (SSSR count). The Bertz CT molecular complexity index is 1780. The molecular weight excluding hydrogens is 548 g/mol. The fourth-order valence-electron chi connectivity index (χ4n) is 6.00. The number of carbonyl (C=O) groups excluding carboxylic acids is 3. The Kier molecular flexibility index (Phi) is 6.77. The van der Waals surface area contributed by atoms with Crippen LogP contribution in [0.15, 0.2) is 22.5 Å². The van der Waals surface area contributed by atoms with E-state index in [1.807, 2.05) is 0 Å². The third-order valence-corrected chi connectivity index (χ3v) is 8.25. The monoisotopic (exact) mass is 578 g/mol. The number of nitrogens with zero attached hydrogens (tertiary/aromatic N) is 2. The average Bonchev–Trinajstić information content (AvgIpc) is 2.96. The summed E-state index contributed by atoms with van der Waals surface area (Å²) in [6.45, 7) is 5.58. The molecule has 3 heterocycles. The largest absolute Gasteiger partial charge is 0.507 e. The number of aromatic hydroxyl groups is 3. The molecule has 0 aromatic heterocycles. The molecule has 3 N–H and O–H groups in total. The molecule has 2 bridgehead atoms. The normalized spacial score (nSPS) is 18.1. The van der Waals surface area contributed by atoms with Crippen molar-refractivity contribution in [1.82, 2.24) is 9.47 Å². The van der Waals surface area contributed by atoms with Crippen molar-refractivity contribution in [3.05, 3.63) is 61.6 Å². The van der Waals surface area contributed by atoms with Crippen LogP contribution in [-0.4, -0.2) is 69.8 Å². The molecule has 220 valence electrons. The van der Waals surface area contributed by atoms with E-state index in [-0.39, 0.29) is 67.6 Å². The molecule has 0 amide bonds.